The number of nitrogens with one attached hydrogen (secondary N) is 1. The molecule has 1 aromatic carbocycles. The molecule has 2 rings (SSSR count). The monoisotopic (exact) mass is 296 g/mol. The highest BCUT2D eigenvalue weighted by molar-refractivity contribution is 6.30. The van der Waals surface area contributed by atoms with E-state index in [0.717, 1.165) is 36.4 Å². The number of likely N-dealkylation sites (tertiary alicyclic amines) is 1. The Hall–Kier alpha value is -1.10. The molecule has 1 aliphatic rings. The predicted molar refractivity (Wildman–Crippen MR) is 79.8 cm³/mol. The highest BCUT2D eigenvalue weighted by atomic mass is 35.5. The summed E-state index contributed by atoms with van der Waals surface area (Å²) in [7, 11) is 0. The summed E-state index contributed by atoms with van der Waals surface area (Å²) in [5, 5.41) is 12.9. The molecule has 2 N–H and O–H groups in total. The van der Waals surface area contributed by atoms with Gasteiger partial charge in [-0.15, -0.1) is 0 Å². The molecule has 0 spiro atoms. The summed E-state index contributed by atoms with van der Waals surface area (Å²) >= 11 is 5.91. The standard InChI is InChI=1S/C15H21ClN2O2/c16-13-4-1-3-12(9-13)6-7-17-15(20)10-18-8-2-5-14(18)11-19/h1,3-4,9,14,19H,2,5-8,10-11H2,(H,17,20)/t14-/m0/s1. The summed E-state index contributed by atoms with van der Waals surface area (Å²) in [5.41, 5.74) is 1.12. The molecule has 0 radical (unpaired) electrons. The number of nitrogens with zero attached hydrogens (tertiary/aromatic N) is 1. The molecular weight excluding hydrogens is 276 g/mol. The highest BCUT2D eigenvalue weighted by Crippen LogP contribution is 2.15. The first-order valence-electron chi connectivity index (χ1n) is 7.05. The Morgan fingerprint density at radius 3 is 3.10 bits per heavy atom. The van der Waals surface area contributed by atoms with Gasteiger partial charge in [-0.3, -0.25) is 9.69 Å². The number of hydrogen-bond donors (Lipinski definition) is 2. The summed E-state index contributed by atoms with van der Waals surface area (Å²) in [6.07, 6.45) is 2.81. The molecule has 5 heteroatoms. The van der Waals surface area contributed by atoms with E-state index in [9.17, 15) is 9.90 Å². The van der Waals surface area contributed by atoms with Gasteiger partial charge in [0.25, 0.3) is 0 Å². The SMILES string of the molecule is O=C(CN1CCC[C@H]1CO)NCCc1cccc(Cl)c1. The Morgan fingerprint density at radius 1 is 1.50 bits per heavy atom. The largest absolute Gasteiger partial charge is 0.395 e. The maximum Gasteiger partial charge on any atom is 0.234 e. The van der Waals surface area contributed by atoms with Crippen molar-refractivity contribution in [2.45, 2.75) is 25.3 Å². The number of aliphatic hydroxyl groups is 1. The predicted octanol–water partition coefficient (Wildman–Crippen LogP) is 1.46. The molecule has 0 aromatic heterocycles. The Bertz CT molecular complexity index is 453. The van der Waals surface area contributed by atoms with Crippen LogP contribution in [0.1, 0.15) is 18.4 Å². The van der Waals surface area contributed by atoms with Gasteiger partial charge < -0.3 is 10.4 Å². The Morgan fingerprint density at radius 2 is 2.35 bits per heavy atom. The van der Waals surface area contributed by atoms with Crippen LogP contribution < -0.4 is 5.32 Å². The fraction of sp³-hybridized carbons (Fsp3) is 0.533. The first-order valence-corrected chi connectivity index (χ1v) is 7.43. The Labute approximate surface area is 124 Å². The molecule has 1 heterocycles. The summed E-state index contributed by atoms with van der Waals surface area (Å²) in [4.78, 5) is 13.9. The van der Waals surface area contributed by atoms with Crippen molar-refractivity contribution >= 4 is 17.5 Å². The van der Waals surface area contributed by atoms with Crippen LogP contribution in [-0.4, -0.2) is 48.2 Å². The second kappa shape index (κ2) is 7.62. The van der Waals surface area contributed by atoms with Crippen molar-refractivity contribution in [3.63, 3.8) is 0 Å². The molecule has 1 amide bonds. The zero-order chi connectivity index (χ0) is 14.4. The number of carbonyl (C=O) groups excluding carboxylic acids is 1. The number of hydrogen-bond acceptors (Lipinski definition) is 3. The minimum Gasteiger partial charge on any atom is -0.395 e. The molecule has 1 aromatic rings. The number of halogens is 1. The van der Waals surface area contributed by atoms with Crippen LogP contribution in [0.15, 0.2) is 24.3 Å². The second-order valence-electron chi connectivity index (χ2n) is 5.18. The topological polar surface area (TPSA) is 52.6 Å². The van der Waals surface area contributed by atoms with Crippen molar-refractivity contribution < 1.29 is 9.90 Å². The van der Waals surface area contributed by atoms with Crippen molar-refractivity contribution in [2.75, 3.05) is 26.2 Å². The van der Waals surface area contributed by atoms with Gasteiger partial charge in [0.1, 0.15) is 0 Å². The fourth-order valence-electron chi connectivity index (χ4n) is 2.59. The van der Waals surface area contributed by atoms with E-state index in [-0.39, 0.29) is 18.6 Å². The summed E-state index contributed by atoms with van der Waals surface area (Å²) < 4.78 is 0. The molecule has 1 aliphatic heterocycles. The van der Waals surface area contributed by atoms with Gasteiger partial charge >= 0.3 is 0 Å². The van der Waals surface area contributed by atoms with E-state index in [2.05, 4.69) is 10.2 Å². The third kappa shape index (κ3) is 4.47. The lowest BCUT2D eigenvalue weighted by molar-refractivity contribution is -0.122. The first-order chi connectivity index (χ1) is 9.69. The number of carbonyl (C=O) groups is 1. The van der Waals surface area contributed by atoms with Crippen LogP contribution in [0.2, 0.25) is 5.02 Å². The summed E-state index contributed by atoms with van der Waals surface area (Å²) in [6, 6.07) is 7.81. The molecule has 1 atom stereocenters. The second-order valence-corrected chi connectivity index (χ2v) is 5.62. The highest BCUT2D eigenvalue weighted by Gasteiger charge is 2.25. The maximum atomic E-state index is 11.9. The molecule has 0 bridgehead atoms. The fourth-order valence-corrected chi connectivity index (χ4v) is 2.80. The van der Waals surface area contributed by atoms with Crippen LogP contribution in [-0.2, 0) is 11.2 Å². The van der Waals surface area contributed by atoms with Gasteiger partial charge in [0.05, 0.1) is 13.2 Å². The van der Waals surface area contributed by atoms with Gasteiger partial charge in [0.2, 0.25) is 5.91 Å². The molecule has 110 valence electrons. The van der Waals surface area contributed by atoms with Crippen molar-refractivity contribution in [1.29, 1.82) is 0 Å². The van der Waals surface area contributed by atoms with E-state index in [4.69, 9.17) is 11.6 Å². The zero-order valence-electron chi connectivity index (χ0n) is 11.5. The van der Waals surface area contributed by atoms with Crippen LogP contribution in [0.5, 0.6) is 0 Å². The minimum absolute atomic E-state index is 0.0207. The van der Waals surface area contributed by atoms with Crippen LogP contribution in [0, 0.1) is 0 Å². The summed E-state index contributed by atoms with van der Waals surface area (Å²) in [5.74, 6) is 0.0207. The summed E-state index contributed by atoms with van der Waals surface area (Å²) in [6.45, 7) is 2.01. The van der Waals surface area contributed by atoms with Gasteiger partial charge in [-0.1, -0.05) is 23.7 Å². The minimum atomic E-state index is 0.0207. The van der Waals surface area contributed by atoms with E-state index in [0.29, 0.717) is 13.1 Å². The van der Waals surface area contributed by atoms with E-state index in [1.54, 1.807) is 0 Å². The normalized spacial score (nSPS) is 19.2. The molecule has 1 fully saturated rings. The first kappa shape index (κ1) is 15.3. The Balaban J connectivity index is 1.70. The van der Waals surface area contributed by atoms with E-state index in [1.807, 2.05) is 24.3 Å². The van der Waals surface area contributed by atoms with E-state index in [1.165, 1.54) is 0 Å². The van der Waals surface area contributed by atoms with Gasteiger partial charge in [-0.25, -0.2) is 0 Å². The van der Waals surface area contributed by atoms with Crippen LogP contribution >= 0.6 is 11.6 Å². The molecule has 0 saturated carbocycles. The van der Waals surface area contributed by atoms with Gasteiger partial charge in [0.15, 0.2) is 0 Å². The van der Waals surface area contributed by atoms with Crippen LogP contribution in [0.4, 0.5) is 0 Å². The lowest BCUT2D eigenvalue weighted by Crippen LogP contribution is -2.41. The van der Waals surface area contributed by atoms with Crippen molar-refractivity contribution in [3.8, 4) is 0 Å². The van der Waals surface area contributed by atoms with Crippen molar-refractivity contribution in [3.05, 3.63) is 34.9 Å². The van der Waals surface area contributed by atoms with Gasteiger partial charge in [-0.2, -0.15) is 0 Å². The molecule has 4 nitrogen and oxygen atoms in total. The van der Waals surface area contributed by atoms with Crippen LogP contribution in [0.3, 0.4) is 0 Å². The molecular formula is C15H21ClN2O2. The van der Waals surface area contributed by atoms with Crippen molar-refractivity contribution in [2.24, 2.45) is 0 Å². The third-order valence-electron chi connectivity index (χ3n) is 3.68. The van der Waals surface area contributed by atoms with Crippen LogP contribution in [0.25, 0.3) is 0 Å². The number of rotatable bonds is 6. The third-order valence-corrected chi connectivity index (χ3v) is 3.92. The zero-order valence-corrected chi connectivity index (χ0v) is 12.3. The lowest BCUT2D eigenvalue weighted by Gasteiger charge is -2.21. The average Bonchev–Trinajstić information content (AvgIpc) is 2.86. The average molecular weight is 297 g/mol. The molecule has 20 heavy (non-hydrogen) atoms. The van der Waals surface area contributed by atoms with Gasteiger partial charge in [0, 0.05) is 17.6 Å². The maximum absolute atomic E-state index is 11.9. The smallest absolute Gasteiger partial charge is 0.234 e. The number of benzene rings is 1. The van der Waals surface area contributed by atoms with Crippen molar-refractivity contribution in [1.82, 2.24) is 10.2 Å². The molecule has 1 saturated heterocycles. The lowest BCUT2D eigenvalue weighted by atomic mass is 10.1. The quantitative estimate of drug-likeness (QED) is 0.835. The Kier molecular flexibility index (Phi) is 5.83. The number of amides is 1. The van der Waals surface area contributed by atoms with E-state index >= 15 is 0 Å². The molecule has 0 unspecified atom stereocenters. The van der Waals surface area contributed by atoms with E-state index < -0.39 is 0 Å². The van der Waals surface area contributed by atoms with Gasteiger partial charge in [-0.05, 0) is 43.5 Å². The molecule has 0 aliphatic carbocycles. The number of aliphatic hydroxyl groups excluding tert-OH is 1.